The first-order chi connectivity index (χ1) is 11.3. The molecule has 23 heavy (non-hydrogen) atoms. The van der Waals surface area contributed by atoms with Crippen LogP contribution in [0.25, 0.3) is 0 Å². The molecule has 1 N–H and O–H groups in total. The van der Waals surface area contributed by atoms with Gasteiger partial charge in [0.15, 0.2) is 11.5 Å². The molecule has 2 aromatic rings. The Balaban J connectivity index is 1.58. The van der Waals surface area contributed by atoms with E-state index in [4.69, 9.17) is 14.2 Å². The molecule has 5 nitrogen and oxygen atoms in total. The Morgan fingerprint density at radius 1 is 1.17 bits per heavy atom. The molecule has 0 bridgehead atoms. The maximum Gasteiger partial charge on any atom is 0.231 e. The number of carbonyl (C=O) groups excluding carboxylic acids is 1. The van der Waals surface area contributed by atoms with Gasteiger partial charge in [-0.15, -0.1) is 0 Å². The molecular weight excluding hydrogens is 294 g/mol. The monoisotopic (exact) mass is 313 g/mol. The molecule has 0 aliphatic carbocycles. The topological polar surface area (TPSA) is 56.8 Å². The molecule has 2 aromatic carbocycles. The highest BCUT2D eigenvalue weighted by Gasteiger charge is 2.14. The molecule has 0 spiro atoms. The van der Waals surface area contributed by atoms with E-state index in [9.17, 15) is 4.79 Å². The minimum atomic E-state index is -0.0461. The van der Waals surface area contributed by atoms with Gasteiger partial charge < -0.3 is 19.5 Å². The van der Waals surface area contributed by atoms with E-state index in [0.29, 0.717) is 36.6 Å². The van der Waals surface area contributed by atoms with Gasteiger partial charge in [0.25, 0.3) is 0 Å². The predicted molar refractivity (Wildman–Crippen MR) is 87.1 cm³/mol. The first-order valence-electron chi connectivity index (χ1n) is 7.66. The zero-order chi connectivity index (χ0) is 16.1. The second-order valence-corrected chi connectivity index (χ2v) is 5.16. The van der Waals surface area contributed by atoms with Crippen LogP contribution in [0.5, 0.6) is 17.2 Å². The van der Waals surface area contributed by atoms with Gasteiger partial charge in [-0.3, -0.25) is 4.79 Å². The van der Waals surface area contributed by atoms with Gasteiger partial charge in [0.05, 0.1) is 6.61 Å². The quantitative estimate of drug-likeness (QED) is 0.888. The van der Waals surface area contributed by atoms with Gasteiger partial charge in [0.2, 0.25) is 12.7 Å². The molecule has 0 unspecified atom stereocenters. The largest absolute Gasteiger partial charge is 0.494 e. The summed E-state index contributed by atoms with van der Waals surface area (Å²) in [6.45, 7) is 2.78. The van der Waals surface area contributed by atoms with Gasteiger partial charge in [-0.1, -0.05) is 18.2 Å². The van der Waals surface area contributed by atoms with Crippen molar-refractivity contribution in [2.24, 2.45) is 0 Å². The van der Waals surface area contributed by atoms with Crippen molar-refractivity contribution >= 4 is 11.6 Å². The van der Waals surface area contributed by atoms with Gasteiger partial charge in [0, 0.05) is 18.2 Å². The Kier molecular flexibility index (Phi) is 4.66. The summed E-state index contributed by atoms with van der Waals surface area (Å²) >= 11 is 0. The van der Waals surface area contributed by atoms with Crippen LogP contribution >= 0.6 is 0 Å². The number of anilines is 1. The molecule has 0 aromatic heterocycles. The van der Waals surface area contributed by atoms with Crippen molar-refractivity contribution in [2.75, 3.05) is 18.7 Å². The van der Waals surface area contributed by atoms with Gasteiger partial charge in [0.1, 0.15) is 5.75 Å². The lowest BCUT2D eigenvalue weighted by Crippen LogP contribution is -2.12. The third-order valence-corrected chi connectivity index (χ3v) is 3.55. The molecule has 1 aliphatic rings. The van der Waals surface area contributed by atoms with Crippen LogP contribution in [-0.2, 0) is 11.2 Å². The summed E-state index contributed by atoms with van der Waals surface area (Å²) in [5.74, 6) is 2.15. The molecule has 1 heterocycles. The molecule has 0 fully saturated rings. The van der Waals surface area contributed by atoms with E-state index >= 15 is 0 Å². The van der Waals surface area contributed by atoms with Crippen molar-refractivity contribution in [3.8, 4) is 17.2 Å². The molecule has 0 atom stereocenters. The van der Waals surface area contributed by atoms with E-state index < -0.39 is 0 Å². The highest BCUT2D eigenvalue weighted by atomic mass is 16.7. The number of ether oxygens (including phenoxy) is 3. The highest BCUT2D eigenvalue weighted by molar-refractivity contribution is 5.91. The number of nitrogens with one attached hydrogen (secondary N) is 1. The smallest absolute Gasteiger partial charge is 0.231 e. The molecule has 0 radical (unpaired) electrons. The Morgan fingerprint density at radius 3 is 2.87 bits per heavy atom. The summed E-state index contributed by atoms with van der Waals surface area (Å²) in [5, 5.41) is 2.88. The highest BCUT2D eigenvalue weighted by Crippen LogP contribution is 2.34. The molecule has 120 valence electrons. The van der Waals surface area contributed by atoms with Crippen molar-refractivity contribution in [3.63, 3.8) is 0 Å². The van der Waals surface area contributed by atoms with E-state index in [1.807, 2.05) is 31.2 Å². The lowest BCUT2D eigenvalue weighted by atomic mass is 10.1. The number of hydrogen-bond donors (Lipinski definition) is 1. The SMILES string of the molecule is CCOc1ccccc1CCC(=O)Nc1ccc2c(c1)OCO2. The van der Waals surface area contributed by atoms with Crippen LogP contribution in [0.1, 0.15) is 18.9 Å². The first-order valence-corrected chi connectivity index (χ1v) is 7.66. The maximum atomic E-state index is 12.1. The van der Waals surface area contributed by atoms with Crippen LogP contribution in [-0.4, -0.2) is 19.3 Å². The van der Waals surface area contributed by atoms with Crippen molar-refractivity contribution < 1.29 is 19.0 Å². The predicted octanol–water partition coefficient (Wildman–Crippen LogP) is 3.39. The summed E-state index contributed by atoms with van der Waals surface area (Å²) in [7, 11) is 0. The maximum absolute atomic E-state index is 12.1. The molecule has 3 rings (SSSR count). The Hall–Kier alpha value is -2.69. The Labute approximate surface area is 135 Å². The fourth-order valence-corrected chi connectivity index (χ4v) is 2.45. The average Bonchev–Trinajstić information content (AvgIpc) is 3.02. The number of carbonyl (C=O) groups is 1. The zero-order valence-corrected chi connectivity index (χ0v) is 13.0. The first kappa shape index (κ1) is 15.2. The minimum Gasteiger partial charge on any atom is -0.494 e. The number of hydrogen-bond acceptors (Lipinski definition) is 4. The van der Waals surface area contributed by atoms with E-state index in [1.165, 1.54) is 0 Å². The molecule has 0 saturated heterocycles. The normalized spacial score (nSPS) is 12.0. The van der Waals surface area contributed by atoms with Gasteiger partial charge >= 0.3 is 0 Å². The van der Waals surface area contributed by atoms with Crippen LogP contribution in [0, 0.1) is 0 Å². The number of amides is 1. The lowest BCUT2D eigenvalue weighted by molar-refractivity contribution is -0.116. The van der Waals surface area contributed by atoms with Gasteiger partial charge in [-0.05, 0) is 37.1 Å². The number of benzene rings is 2. The molecular formula is C18H19NO4. The van der Waals surface area contributed by atoms with Crippen molar-refractivity contribution in [1.29, 1.82) is 0 Å². The zero-order valence-electron chi connectivity index (χ0n) is 13.0. The minimum absolute atomic E-state index is 0.0461. The molecule has 0 saturated carbocycles. The van der Waals surface area contributed by atoms with Gasteiger partial charge in [-0.2, -0.15) is 0 Å². The number of rotatable bonds is 6. The van der Waals surface area contributed by atoms with Gasteiger partial charge in [-0.25, -0.2) is 0 Å². The number of aryl methyl sites for hydroxylation is 1. The average molecular weight is 313 g/mol. The van der Waals surface area contributed by atoms with Crippen LogP contribution < -0.4 is 19.5 Å². The van der Waals surface area contributed by atoms with Crippen molar-refractivity contribution in [1.82, 2.24) is 0 Å². The molecule has 1 aliphatic heterocycles. The third kappa shape index (κ3) is 3.74. The number of fused-ring (bicyclic) bond motifs is 1. The Morgan fingerprint density at radius 2 is 2.00 bits per heavy atom. The van der Waals surface area contributed by atoms with E-state index in [1.54, 1.807) is 18.2 Å². The molecule has 5 heteroatoms. The summed E-state index contributed by atoms with van der Waals surface area (Å²) in [5.41, 5.74) is 1.74. The van der Waals surface area contributed by atoms with E-state index in [-0.39, 0.29) is 12.7 Å². The summed E-state index contributed by atoms with van der Waals surface area (Å²) in [4.78, 5) is 12.1. The standard InChI is InChI=1S/C18H19NO4/c1-2-21-15-6-4-3-5-13(15)7-10-18(20)19-14-8-9-16-17(11-14)23-12-22-16/h3-6,8-9,11H,2,7,10,12H2,1H3,(H,19,20). The van der Waals surface area contributed by atoms with Crippen molar-refractivity contribution in [3.05, 3.63) is 48.0 Å². The fourth-order valence-electron chi connectivity index (χ4n) is 2.45. The summed E-state index contributed by atoms with van der Waals surface area (Å²) in [6, 6.07) is 13.2. The third-order valence-electron chi connectivity index (χ3n) is 3.55. The second kappa shape index (κ2) is 7.05. The fraction of sp³-hybridized carbons (Fsp3) is 0.278. The Bertz CT molecular complexity index is 699. The number of para-hydroxylation sites is 1. The molecule has 1 amide bonds. The summed E-state index contributed by atoms with van der Waals surface area (Å²) < 4.78 is 16.1. The lowest BCUT2D eigenvalue weighted by Gasteiger charge is -2.10. The van der Waals surface area contributed by atoms with E-state index in [2.05, 4.69) is 5.32 Å². The summed E-state index contributed by atoms with van der Waals surface area (Å²) in [6.07, 6.45) is 1.02. The van der Waals surface area contributed by atoms with E-state index in [0.717, 1.165) is 11.3 Å². The van der Waals surface area contributed by atoms with Crippen LogP contribution in [0.2, 0.25) is 0 Å². The van der Waals surface area contributed by atoms with Crippen LogP contribution in [0.3, 0.4) is 0 Å². The van der Waals surface area contributed by atoms with Crippen LogP contribution in [0.4, 0.5) is 5.69 Å². The second-order valence-electron chi connectivity index (χ2n) is 5.16. The van der Waals surface area contributed by atoms with Crippen molar-refractivity contribution in [2.45, 2.75) is 19.8 Å². The van der Waals surface area contributed by atoms with Crippen LogP contribution in [0.15, 0.2) is 42.5 Å².